The van der Waals surface area contributed by atoms with Gasteiger partial charge in [-0.15, -0.1) is 0 Å². The lowest BCUT2D eigenvalue weighted by atomic mass is 10.2. The molecule has 6 nitrogen and oxygen atoms in total. The molecule has 0 amide bonds. The van der Waals surface area contributed by atoms with Crippen molar-refractivity contribution in [3.05, 3.63) is 42.4 Å². The van der Waals surface area contributed by atoms with E-state index in [1.165, 1.54) is 13.1 Å². The summed E-state index contributed by atoms with van der Waals surface area (Å²) < 4.78 is 30.5. The molecule has 1 aromatic carbocycles. The Kier molecular flexibility index (Phi) is 3.77. The molecule has 0 aliphatic heterocycles. The number of rotatable bonds is 5. The molecule has 2 aromatic rings. The van der Waals surface area contributed by atoms with Crippen LogP contribution in [-0.2, 0) is 16.6 Å². The van der Waals surface area contributed by atoms with Gasteiger partial charge in [0.2, 0.25) is 10.0 Å². The molecular weight excluding hydrogens is 266 g/mol. The zero-order valence-corrected chi connectivity index (χ0v) is 11.2. The van der Waals surface area contributed by atoms with E-state index in [1.54, 1.807) is 24.7 Å². The van der Waals surface area contributed by atoms with Gasteiger partial charge in [-0.3, -0.25) is 0 Å². The molecule has 1 heterocycles. The summed E-state index contributed by atoms with van der Waals surface area (Å²) >= 11 is 0. The van der Waals surface area contributed by atoms with Crippen LogP contribution in [0.25, 0.3) is 0 Å². The van der Waals surface area contributed by atoms with E-state index in [0.29, 0.717) is 6.54 Å². The molecule has 102 valence electrons. The van der Waals surface area contributed by atoms with Crippen molar-refractivity contribution in [2.45, 2.75) is 11.4 Å². The normalized spacial score (nSPS) is 11.4. The molecule has 0 spiro atoms. The Labute approximate surface area is 111 Å². The molecule has 0 fully saturated rings. The third-order valence-corrected chi connectivity index (χ3v) is 4.13. The maximum Gasteiger partial charge on any atom is 0.242 e. The topological polar surface area (TPSA) is 97.4 Å². The SMILES string of the molecule is CNS(=O)(=O)c1ccc(NCc2ccoc2)cc1N. The van der Waals surface area contributed by atoms with Gasteiger partial charge in [0.05, 0.1) is 18.2 Å². The fraction of sp³-hybridized carbons (Fsp3) is 0.167. The zero-order chi connectivity index (χ0) is 13.9. The summed E-state index contributed by atoms with van der Waals surface area (Å²) in [6, 6.07) is 6.57. The van der Waals surface area contributed by atoms with Crippen molar-refractivity contribution in [3.8, 4) is 0 Å². The van der Waals surface area contributed by atoms with Crippen LogP contribution in [0.5, 0.6) is 0 Å². The lowest BCUT2D eigenvalue weighted by Gasteiger charge is -2.09. The largest absolute Gasteiger partial charge is 0.472 e. The van der Waals surface area contributed by atoms with Crippen LogP contribution < -0.4 is 15.8 Å². The molecule has 0 radical (unpaired) electrons. The number of furan rings is 1. The van der Waals surface area contributed by atoms with Gasteiger partial charge < -0.3 is 15.5 Å². The van der Waals surface area contributed by atoms with Crippen molar-refractivity contribution in [2.75, 3.05) is 18.1 Å². The third kappa shape index (κ3) is 3.07. The van der Waals surface area contributed by atoms with Crippen molar-refractivity contribution in [2.24, 2.45) is 0 Å². The van der Waals surface area contributed by atoms with Crippen LogP contribution in [-0.4, -0.2) is 15.5 Å². The van der Waals surface area contributed by atoms with E-state index in [0.717, 1.165) is 11.3 Å². The van der Waals surface area contributed by atoms with Gasteiger partial charge in [-0.1, -0.05) is 0 Å². The van der Waals surface area contributed by atoms with Crippen LogP contribution >= 0.6 is 0 Å². The molecule has 19 heavy (non-hydrogen) atoms. The fourth-order valence-corrected chi connectivity index (χ4v) is 2.45. The van der Waals surface area contributed by atoms with E-state index in [2.05, 4.69) is 10.0 Å². The van der Waals surface area contributed by atoms with E-state index < -0.39 is 10.0 Å². The lowest BCUT2D eigenvalue weighted by Crippen LogP contribution is -2.20. The number of nitrogens with one attached hydrogen (secondary N) is 2. The van der Waals surface area contributed by atoms with Crippen LogP contribution in [0.3, 0.4) is 0 Å². The molecule has 0 bridgehead atoms. The molecule has 0 aliphatic rings. The third-order valence-electron chi connectivity index (χ3n) is 2.64. The Morgan fingerprint density at radius 1 is 1.32 bits per heavy atom. The fourth-order valence-electron chi connectivity index (χ4n) is 1.61. The maximum absolute atomic E-state index is 11.7. The first-order valence-electron chi connectivity index (χ1n) is 5.61. The molecule has 1 aromatic heterocycles. The average molecular weight is 281 g/mol. The van der Waals surface area contributed by atoms with Gasteiger partial charge >= 0.3 is 0 Å². The summed E-state index contributed by atoms with van der Waals surface area (Å²) in [4.78, 5) is 0.0730. The van der Waals surface area contributed by atoms with Crippen LogP contribution in [0.1, 0.15) is 5.56 Å². The Hall–Kier alpha value is -1.99. The number of benzene rings is 1. The molecule has 0 saturated heterocycles. The highest BCUT2D eigenvalue weighted by Crippen LogP contribution is 2.22. The molecule has 2 rings (SSSR count). The minimum Gasteiger partial charge on any atom is -0.472 e. The Morgan fingerprint density at radius 3 is 2.68 bits per heavy atom. The summed E-state index contributed by atoms with van der Waals surface area (Å²) in [5.74, 6) is 0. The van der Waals surface area contributed by atoms with Crippen molar-refractivity contribution in [1.29, 1.82) is 0 Å². The maximum atomic E-state index is 11.7. The second-order valence-corrected chi connectivity index (χ2v) is 5.80. The molecule has 0 unspecified atom stereocenters. The number of nitrogen functional groups attached to an aromatic ring is 1. The highest BCUT2D eigenvalue weighted by atomic mass is 32.2. The molecule has 0 saturated carbocycles. The molecule has 7 heteroatoms. The predicted octanol–water partition coefficient (Wildman–Crippen LogP) is 1.38. The van der Waals surface area contributed by atoms with Crippen molar-refractivity contribution in [1.82, 2.24) is 4.72 Å². The minimum absolute atomic E-state index is 0.0730. The Bertz CT molecular complexity index is 651. The van der Waals surface area contributed by atoms with Crippen LogP contribution in [0, 0.1) is 0 Å². The number of hydrogen-bond donors (Lipinski definition) is 3. The van der Waals surface area contributed by atoms with Crippen LogP contribution in [0.15, 0.2) is 46.1 Å². The monoisotopic (exact) mass is 281 g/mol. The number of nitrogens with two attached hydrogens (primary N) is 1. The standard InChI is InChI=1S/C12H15N3O3S/c1-14-19(16,17)12-3-2-10(6-11(12)13)15-7-9-4-5-18-8-9/h2-6,8,14-15H,7,13H2,1H3. The first-order valence-corrected chi connectivity index (χ1v) is 7.09. The summed E-state index contributed by atoms with van der Waals surface area (Å²) in [7, 11) is -2.17. The van der Waals surface area contributed by atoms with Gasteiger partial charge in [-0.2, -0.15) is 0 Å². The highest BCUT2D eigenvalue weighted by molar-refractivity contribution is 7.89. The molecule has 4 N–H and O–H groups in total. The van der Waals surface area contributed by atoms with Crippen LogP contribution in [0.2, 0.25) is 0 Å². The number of sulfonamides is 1. The highest BCUT2D eigenvalue weighted by Gasteiger charge is 2.15. The summed E-state index contributed by atoms with van der Waals surface area (Å²) in [6.07, 6.45) is 3.23. The summed E-state index contributed by atoms with van der Waals surface area (Å²) in [5, 5.41) is 3.13. The number of anilines is 2. The quantitative estimate of drug-likeness (QED) is 0.719. The van der Waals surface area contributed by atoms with Gasteiger partial charge in [0.1, 0.15) is 4.90 Å². The van der Waals surface area contributed by atoms with E-state index in [1.807, 2.05) is 6.07 Å². The van der Waals surface area contributed by atoms with Crippen molar-refractivity contribution >= 4 is 21.4 Å². The second kappa shape index (κ2) is 5.33. The molecular formula is C12H15N3O3S. The van der Waals surface area contributed by atoms with Crippen molar-refractivity contribution < 1.29 is 12.8 Å². The van der Waals surface area contributed by atoms with Gasteiger partial charge in [-0.05, 0) is 31.3 Å². The summed E-state index contributed by atoms with van der Waals surface area (Å²) in [6.45, 7) is 0.577. The molecule has 0 aliphatic carbocycles. The van der Waals surface area contributed by atoms with Crippen molar-refractivity contribution in [3.63, 3.8) is 0 Å². The zero-order valence-electron chi connectivity index (χ0n) is 10.4. The Balaban J connectivity index is 2.15. The first-order chi connectivity index (χ1) is 9.03. The van der Waals surface area contributed by atoms with E-state index in [9.17, 15) is 8.42 Å². The van der Waals surface area contributed by atoms with E-state index in [4.69, 9.17) is 10.2 Å². The molecule has 0 atom stereocenters. The van der Waals surface area contributed by atoms with Gasteiger partial charge in [0.15, 0.2) is 0 Å². The number of hydrogen-bond acceptors (Lipinski definition) is 5. The van der Waals surface area contributed by atoms with E-state index >= 15 is 0 Å². The summed E-state index contributed by atoms with van der Waals surface area (Å²) in [5.41, 5.74) is 7.69. The van der Waals surface area contributed by atoms with Gasteiger partial charge in [-0.25, -0.2) is 13.1 Å². The second-order valence-electron chi connectivity index (χ2n) is 3.95. The van der Waals surface area contributed by atoms with E-state index in [-0.39, 0.29) is 10.6 Å². The van der Waals surface area contributed by atoms with Gasteiger partial charge in [0, 0.05) is 17.8 Å². The lowest BCUT2D eigenvalue weighted by molar-refractivity contribution is 0.564. The first kappa shape index (κ1) is 13.4. The smallest absolute Gasteiger partial charge is 0.242 e. The predicted molar refractivity (Wildman–Crippen MR) is 73.1 cm³/mol. The Morgan fingerprint density at radius 2 is 2.11 bits per heavy atom. The van der Waals surface area contributed by atoms with Gasteiger partial charge in [0.25, 0.3) is 0 Å². The average Bonchev–Trinajstić information content (AvgIpc) is 2.89. The minimum atomic E-state index is -3.52. The van der Waals surface area contributed by atoms with Crippen LogP contribution in [0.4, 0.5) is 11.4 Å².